The molecule has 0 aliphatic rings. The Morgan fingerprint density at radius 2 is 1.79 bits per heavy atom. The molecule has 0 radical (unpaired) electrons. The number of hydrogen-bond acceptors (Lipinski definition) is 4. The highest BCUT2D eigenvalue weighted by Gasteiger charge is 2.30. The van der Waals surface area contributed by atoms with Gasteiger partial charge in [-0.15, -0.1) is 13.2 Å². The van der Waals surface area contributed by atoms with Gasteiger partial charge in [0, 0.05) is 17.8 Å². The zero-order valence-corrected chi connectivity index (χ0v) is 16.8. The number of H-pyrrole nitrogens is 1. The zero-order chi connectivity index (χ0) is 23.6. The number of pyridine rings is 1. The van der Waals surface area contributed by atoms with Gasteiger partial charge >= 0.3 is 13.0 Å². The van der Waals surface area contributed by atoms with Crippen molar-refractivity contribution in [3.05, 3.63) is 82.5 Å². The van der Waals surface area contributed by atoms with E-state index in [1.54, 1.807) is 30.3 Å². The van der Waals surface area contributed by atoms with Crippen molar-refractivity contribution in [2.75, 3.05) is 0 Å². The molecule has 33 heavy (non-hydrogen) atoms. The van der Waals surface area contributed by atoms with Gasteiger partial charge in [-0.1, -0.05) is 24.3 Å². The number of aromatic nitrogens is 3. The number of rotatable bonds is 7. The van der Waals surface area contributed by atoms with Crippen LogP contribution in [0.25, 0.3) is 22.2 Å². The average molecular weight is 465 g/mol. The van der Waals surface area contributed by atoms with Crippen LogP contribution in [0.3, 0.4) is 0 Å². The molecule has 0 saturated heterocycles. The summed E-state index contributed by atoms with van der Waals surface area (Å²) < 4.78 is 73.7. The van der Waals surface area contributed by atoms with Gasteiger partial charge in [-0.3, -0.25) is 9.53 Å². The molecule has 0 amide bonds. The Balaban J connectivity index is 1.81. The van der Waals surface area contributed by atoms with E-state index in [1.165, 1.54) is 35.0 Å². The van der Waals surface area contributed by atoms with Gasteiger partial charge in [0.1, 0.15) is 18.2 Å². The van der Waals surface area contributed by atoms with E-state index in [1.807, 2.05) is 0 Å². The highest BCUT2D eigenvalue weighted by atomic mass is 19.4. The molecule has 11 heteroatoms. The molecular weight excluding hydrogens is 449 g/mol. The SMILES string of the molecule is O=c1ccc(-c2ccc3nc(COC(F)(F)F)n(Cc4ccccc4OC(F)F)c3c2)c[nH]1. The molecule has 0 atom stereocenters. The maximum Gasteiger partial charge on any atom is 0.522 e. The first kappa shape index (κ1) is 22.5. The highest BCUT2D eigenvalue weighted by Crippen LogP contribution is 2.29. The topological polar surface area (TPSA) is 69.1 Å². The van der Waals surface area contributed by atoms with Gasteiger partial charge in [0.05, 0.1) is 17.6 Å². The molecule has 2 aromatic heterocycles. The molecule has 0 saturated carbocycles. The minimum atomic E-state index is -4.87. The van der Waals surface area contributed by atoms with Gasteiger partial charge in [0.2, 0.25) is 5.56 Å². The van der Waals surface area contributed by atoms with Gasteiger partial charge in [-0.2, -0.15) is 8.78 Å². The van der Waals surface area contributed by atoms with Crippen LogP contribution in [0.2, 0.25) is 0 Å². The Kier molecular flexibility index (Phi) is 6.14. The molecule has 4 aromatic rings. The highest BCUT2D eigenvalue weighted by molar-refractivity contribution is 5.82. The summed E-state index contributed by atoms with van der Waals surface area (Å²) >= 11 is 0. The summed E-state index contributed by atoms with van der Waals surface area (Å²) in [7, 11) is 0. The van der Waals surface area contributed by atoms with Crippen LogP contribution in [0.1, 0.15) is 11.4 Å². The summed E-state index contributed by atoms with van der Waals surface area (Å²) in [5, 5.41) is 0. The van der Waals surface area contributed by atoms with Crippen molar-refractivity contribution in [3.8, 4) is 16.9 Å². The van der Waals surface area contributed by atoms with Crippen molar-refractivity contribution in [2.24, 2.45) is 0 Å². The van der Waals surface area contributed by atoms with Crippen molar-refractivity contribution < 1.29 is 31.4 Å². The van der Waals surface area contributed by atoms with Gasteiger partial charge in [-0.25, -0.2) is 4.98 Å². The van der Waals surface area contributed by atoms with Gasteiger partial charge < -0.3 is 14.3 Å². The fraction of sp³-hybridized carbons (Fsp3) is 0.182. The van der Waals surface area contributed by atoms with Gasteiger partial charge in [0.25, 0.3) is 0 Å². The summed E-state index contributed by atoms with van der Waals surface area (Å²) in [4.78, 5) is 18.1. The van der Waals surface area contributed by atoms with Crippen molar-refractivity contribution in [1.29, 1.82) is 0 Å². The lowest BCUT2D eigenvalue weighted by atomic mass is 10.1. The van der Waals surface area contributed by atoms with E-state index in [4.69, 9.17) is 0 Å². The Hall–Kier alpha value is -3.73. The number of alkyl halides is 5. The molecule has 0 fully saturated rings. The van der Waals surface area contributed by atoms with E-state index in [0.29, 0.717) is 27.7 Å². The Labute approximate surface area is 183 Å². The van der Waals surface area contributed by atoms with Crippen LogP contribution in [-0.2, 0) is 17.9 Å². The second-order valence-electron chi connectivity index (χ2n) is 6.98. The van der Waals surface area contributed by atoms with Gasteiger partial charge in [0.15, 0.2) is 0 Å². The molecule has 2 aromatic carbocycles. The predicted octanol–water partition coefficient (Wildman–Crippen LogP) is 5.08. The van der Waals surface area contributed by atoms with Crippen LogP contribution in [0, 0.1) is 0 Å². The number of nitrogens with zero attached hydrogens (tertiary/aromatic N) is 2. The molecule has 1 N–H and O–H groups in total. The first-order chi connectivity index (χ1) is 15.7. The lowest BCUT2D eigenvalue weighted by molar-refractivity contribution is -0.331. The molecule has 172 valence electrons. The Bertz CT molecular complexity index is 1310. The molecule has 0 aliphatic carbocycles. The van der Waals surface area contributed by atoms with Crippen molar-refractivity contribution in [1.82, 2.24) is 14.5 Å². The van der Waals surface area contributed by atoms with Crippen molar-refractivity contribution >= 4 is 11.0 Å². The third-order valence-corrected chi connectivity index (χ3v) is 4.83. The summed E-state index contributed by atoms with van der Waals surface area (Å²) in [6.07, 6.45) is -3.37. The van der Waals surface area contributed by atoms with Crippen LogP contribution in [0.4, 0.5) is 22.0 Å². The van der Waals surface area contributed by atoms with Crippen LogP contribution >= 0.6 is 0 Å². The molecule has 6 nitrogen and oxygen atoms in total. The molecule has 0 aliphatic heterocycles. The quantitative estimate of drug-likeness (QED) is 0.387. The van der Waals surface area contributed by atoms with Crippen LogP contribution in [-0.4, -0.2) is 27.5 Å². The molecular formula is C22H16F5N3O3. The second-order valence-corrected chi connectivity index (χ2v) is 6.98. The van der Waals surface area contributed by atoms with E-state index in [-0.39, 0.29) is 23.7 Å². The Morgan fingerprint density at radius 3 is 2.48 bits per heavy atom. The molecule has 4 rings (SSSR count). The standard InChI is InChI=1S/C22H16F5N3O3/c23-21(24)33-18-4-2-1-3-15(18)11-30-17-9-13(14-6-8-20(31)28-10-14)5-7-16(17)29-19(30)12-32-22(25,26)27/h1-10,21H,11-12H2,(H,28,31). The monoisotopic (exact) mass is 465 g/mol. The first-order valence-corrected chi connectivity index (χ1v) is 9.61. The van der Waals surface area contributed by atoms with E-state index in [9.17, 15) is 26.7 Å². The number of nitrogens with one attached hydrogen (secondary N) is 1. The van der Waals surface area contributed by atoms with Crippen LogP contribution < -0.4 is 10.3 Å². The number of benzene rings is 2. The summed E-state index contributed by atoms with van der Waals surface area (Å²) in [6.45, 7) is -4.03. The number of aromatic amines is 1. The zero-order valence-electron chi connectivity index (χ0n) is 16.8. The normalized spacial score (nSPS) is 11.9. The average Bonchev–Trinajstić information content (AvgIpc) is 3.10. The van der Waals surface area contributed by atoms with E-state index >= 15 is 0 Å². The van der Waals surface area contributed by atoms with Crippen LogP contribution in [0.15, 0.2) is 65.6 Å². The number of ether oxygens (including phenoxy) is 2. The van der Waals surface area contributed by atoms with Crippen molar-refractivity contribution in [2.45, 2.75) is 26.1 Å². The molecule has 0 spiro atoms. The number of para-hydroxylation sites is 1. The van der Waals surface area contributed by atoms with Crippen molar-refractivity contribution in [3.63, 3.8) is 0 Å². The molecule has 0 bridgehead atoms. The molecule has 2 heterocycles. The Morgan fingerprint density at radius 1 is 1.03 bits per heavy atom. The smallest absolute Gasteiger partial charge is 0.434 e. The van der Waals surface area contributed by atoms with E-state index in [2.05, 4.69) is 19.4 Å². The summed E-state index contributed by atoms with van der Waals surface area (Å²) in [5.74, 6) is -0.151. The number of hydrogen-bond donors (Lipinski definition) is 1. The predicted molar refractivity (Wildman–Crippen MR) is 109 cm³/mol. The minimum Gasteiger partial charge on any atom is -0.434 e. The third-order valence-electron chi connectivity index (χ3n) is 4.83. The maximum absolute atomic E-state index is 12.8. The summed E-state index contributed by atoms with van der Waals surface area (Å²) in [6, 6.07) is 13.9. The number of halogens is 5. The minimum absolute atomic E-state index is 0.0483. The molecule has 0 unspecified atom stereocenters. The lowest BCUT2D eigenvalue weighted by Gasteiger charge is -2.14. The fourth-order valence-electron chi connectivity index (χ4n) is 3.39. The number of imidazole rings is 1. The maximum atomic E-state index is 12.8. The fourth-order valence-corrected chi connectivity index (χ4v) is 3.39. The lowest BCUT2D eigenvalue weighted by Crippen LogP contribution is -2.16. The largest absolute Gasteiger partial charge is 0.522 e. The third kappa shape index (κ3) is 5.37. The van der Waals surface area contributed by atoms with Gasteiger partial charge in [-0.05, 0) is 35.4 Å². The first-order valence-electron chi connectivity index (χ1n) is 9.61. The van der Waals surface area contributed by atoms with Crippen LogP contribution in [0.5, 0.6) is 5.75 Å². The summed E-state index contributed by atoms with van der Waals surface area (Å²) in [5.41, 5.74) is 2.20. The second kappa shape index (κ2) is 9.02. The number of fused-ring (bicyclic) bond motifs is 1. The van der Waals surface area contributed by atoms with E-state index < -0.39 is 19.6 Å². The van der Waals surface area contributed by atoms with E-state index in [0.717, 1.165) is 0 Å².